The van der Waals surface area contributed by atoms with Crippen molar-refractivity contribution >= 4 is 27.1 Å². The Morgan fingerprint density at radius 3 is 2.44 bits per heavy atom. The summed E-state index contributed by atoms with van der Waals surface area (Å²) in [5.41, 5.74) is 4.50. The summed E-state index contributed by atoms with van der Waals surface area (Å²) in [7, 11) is -10.6. The van der Waals surface area contributed by atoms with Crippen molar-refractivity contribution in [2.45, 2.75) is 49.6 Å². The lowest BCUT2D eigenvalue weighted by Crippen LogP contribution is -2.43. The number of hydrogen-bond donors (Lipinski definition) is 6. The number of likely N-dealkylation sites (tertiary alicyclic amines) is 1. The van der Waals surface area contributed by atoms with Crippen LogP contribution in [0.1, 0.15) is 25.5 Å². The van der Waals surface area contributed by atoms with Crippen LogP contribution >= 0.6 is 15.4 Å². The molecule has 6 atom stereocenters. The van der Waals surface area contributed by atoms with Gasteiger partial charge in [-0.05, 0) is 25.3 Å². The average Bonchev–Trinajstić information content (AvgIpc) is 3.04. The van der Waals surface area contributed by atoms with Crippen molar-refractivity contribution in [3.05, 3.63) is 22.7 Å². The van der Waals surface area contributed by atoms with Crippen LogP contribution in [0.5, 0.6) is 0 Å². The number of rotatable bonds is 8. The van der Waals surface area contributed by atoms with Crippen LogP contribution in [0.2, 0.25) is 0 Å². The van der Waals surface area contributed by atoms with Crippen LogP contribution < -0.4 is 11.4 Å². The number of amides is 1. The van der Waals surface area contributed by atoms with Crippen molar-refractivity contribution in [1.82, 2.24) is 14.5 Å². The summed E-state index contributed by atoms with van der Waals surface area (Å²) in [6.45, 7) is -0.489. The van der Waals surface area contributed by atoms with E-state index >= 15 is 0 Å². The second kappa shape index (κ2) is 10.5. The minimum atomic E-state index is -5.33. The van der Waals surface area contributed by atoms with Crippen molar-refractivity contribution in [2.24, 2.45) is 0 Å². The van der Waals surface area contributed by atoms with Gasteiger partial charge in [0.2, 0.25) is 5.85 Å². The maximum absolute atomic E-state index is 12.5. The number of carbonyl (C=O) groups is 1. The molecule has 3 rings (SSSR count). The summed E-state index contributed by atoms with van der Waals surface area (Å²) in [4.78, 5) is 58.1. The third-order valence-corrected chi connectivity index (χ3v) is 7.34. The van der Waals surface area contributed by atoms with Gasteiger partial charge in [0, 0.05) is 19.3 Å². The largest absolute Gasteiger partial charge is 0.473 e. The molecule has 0 saturated carbocycles. The second-order valence-corrected chi connectivity index (χ2v) is 10.8. The lowest BCUT2D eigenvalue weighted by atomic mass is 10.1. The van der Waals surface area contributed by atoms with E-state index in [-0.39, 0.29) is 18.9 Å². The number of nitrogens with two attached hydrogens (primary N) is 1. The lowest BCUT2D eigenvalue weighted by Gasteiger charge is -2.30. The number of piperidine rings is 1. The molecule has 2 fully saturated rings. The van der Waals surface area contributed by atoms with Gasteiger partial charge in [-0.3, -0.25) is 23.0 Å². The van der Waals surface area contributed by atoms with E-state index < -0.39 is 64.0 Å². The molecule has 0 bridgehead atoms. The molecule has 0 radical (unpaired) electrons. The molecule has 0 spiro atoms. The lowest BCUT2D eigenvalue weighted by molar-refractivity contribution is -0.137. The number of nitrogens with zero attached hydrogens (tertiary/aromatic N) is 3. The van der Waals surface area contributed by atoms with Gasteiger partial charge in [-0.15, -0.1) is 0 Å². The standard InChI is InChI=1S/C16H26N4O12P2/c17-10-4-7-20(16(24)18-10)14-12(22)11(21)9(31-14)8-30-34(28,29)32-15(33(25,26)27)13(23)19-5-2-1-3-6-19/h4,7,9,11-12,14-15,21-22H,1-3,5-6,8H2,(H,28,29)(H2,17,18,24)(H2,25,26,27)/t9-,11-,12-,14-,15?/m1/s1. The van der Waals surface area contributed by atoms with Gasteiger partial charge in [0.15, 0.2) is 6.23 Å². The number of anilines is 1. The fourth-order valence-corrected chi connectivity index (χ4v) is 5.60. The van der Waals surface area contributed by atoms with Gasteiger partial charge < -0.3 is 40.3 Å². The summed E-state index contributed by atoms with van der Waals surface area (Å²) in [6, 6.07) is 1.24. The monoisotopic (exact) mass is 528 g/mol. The number of carbonyl (C=O) groups excluding carboxylic acids is 1. The Morgan fingerprint density at radius 2 is 1.85 bits per heavy atom. The molecule has 2 unspecified atom stereocenters. The molecule has 1 aromatic rings. The highest BCUT2D eigenvalue weighted by Crippen LogP contribution is 2.54. The Hall–Kier alpha value is -1.71. The van der Waals surface area contributed by atoms with E-state index in [1.54, 1.807) is 0 Å². The first-order chi connectivity index (χ1) is 15.8. The third-order valence-electron chi connectivity index (χ3n) is 5.28. The van der Waals surface area contributed by atoms with Crippen molar-refractivity contribution in [3.63, 3.8) is 0 Å². The molecule has 0 aromatic carbocycles. The van der Waals surface area contributed by atoms with Gasteiger partial charge in [0.05, 0.1) is 6.61 Å². The van der Waals surface area contributed by atoms with Gasteiger partial charge in [0.1, 0.15) is 24.1 Å². The summed E-state index contributed by atoms with van der Waals surface area (Å²) in [6.07, 6.45) is -3.08. The van der Waals surface area contributed by atoms with Gasteiger partial charge in [-0.1, -0.05) is 0 Å². The molecule has 1 aromatic heterocycles. The number of phosphoric ester groups is 1. The number of phosphoric acid groups is 1. The molecule has 3 heterocycles. The summed E-state index contributed by atoms with van der Waals surface area (Å²) in [5, 5.41) is 20.4. The Bertz CT molecular complexity index is 1040. The van der Waals surface area contributed by atoms with Crippen LogP contribution in [-0.2, 0) is 27.7 Å². The van der Waals surface area contributed by atoms with Gasteiger partial charge in [0.25, 0.3) is 5.91 Å². The molecule has 2 saturated heterocycles. The van der Waals surface area contributed by atoms with Crippen molar-refractivity contribution < 1.29 is 52.6 Å². The maximum atomic E-state index is 12.5. The molecule has 1 amide bonds. The fraction of sp³-hybridized carbons (Fsp3) is 0.688. The average molecular weight is 528 g/mol. The normalized spacial score (nSPS) is 28.4. The molecule has 192 valence electrons. The first-order valence-electron chi connectivity index (χ1n) is 10.2. The van der Waals surface area contributed by atoms with E-state index in [0.717, 1.165) is 22.1 Å². The zero-order chi connectivity index (χ0) is 25.3. The number of aromatic nitrogens is 2. The van der Waals surface area contributed by atoms with Crippen LogP contribution in [0, 0.1) is 0 Å². The molecule has 18 heteroatoms. The van der Waals surface area contributed by atoms with E-state index in [0.29, 0.717) is 12.8 Å². The fourth-order valence-electron chi connectivity index (χ4n) is 3.56. The molecule has 34 heavy (non-hydrogen) atoms. The molecule has 0 aliphatic carbocycles. The number of aliphatic hydroxyl groups is 2. The summed E-state index contributed by atoms with van der Waals surface area (Å²) in [5.74, 6) is -3.83. The quantitative estimate of drug-likeness (QED) is 0.202. The van der Waals surface area contributed by atoms with Crippen LogP contribution in [0.15, 0.2) is 17.1 Å². The zero-order valence-electron chi connectivity index (χ0n) is 17.7. The van der Waals surface area contributed by atoms with Gasteiger partial charge >= 0.3 is 21.1 Å². The first kappa shape index (κ1) is 26.9. The van der Waals surface area contributed by atoms with Crippen LogP contribution in [0.4, 0.5) is 5.82 Å². The van der Waals surface area contributed by atoms with Crippen LogP contribution in [0.25, 0.3) is 0 Å². The Kier molecular flexibility index (Phi) is 8.30. The summed E-state index contributed by atoms with van der Waals surface area (Å²) < 4.78 is 39.6. The van der Waals surface area contributed by atoms with E-state index in [1.165, 1.54) is 6.07 Å². The SMILES string of the molecule is Nc1ccn([C@@H]2O[C@H](COP(=O)(O)OC(C(=O)N3CCCCC3)P(=O)(O)O)[C@@H](O)[C@H]2O)c(=O)n1. The minimum Gasteiger partial charge on any atom is -0.387 e. The van der Waals surface area contributed by atoms with E-state index in [1.807, 2.05) is 0 Å². The smallest absolute Gasteiger partial charge is 0.387 e. The van der Waals surface area contributed by atoms with E-state index in [4.69, 9.17) is 10.5 Å². The van der Waals surface area contributed by atoms with Crippen molar-refractivity contribution in [1.29, 1.82) is 0 Å². The van der Waals surface area contributed by atoms with E-state index in [2.05, 4.69) is 14.0 Å². The molecule has 7 N–H and O–H groups in total. The minimum absolute atomic E-state index is 0.0914. The number of aliphatic hydroxyl groups excluding tert-OH is 2. The highest BCUT2D eigenvalue weighted by Gasteiger charge is 2.48. The zero-order valence-corrected chi connectivity index (χ0v) is 19.5. The number of ether oxygens (including phenoxy) is 1. The number of nitrogen functional groups attached to an aromatic ring is 1. The molecule has 2 aliphatic heterocycles. The van der Waals surface area contributed by atoms with Crippen LogP contribution in [0.3, 0.4) is 0 Å². The first-order valence-corrected chi connectivity index (χ1v) is 13.3. The highest BCUT2D eigenvalue weighted by atomic mass is 31.2. The second-order valence-electron chi connectivity index (χ2n) is 7.79. The molecular formula is C16H26N4O12P2. The van der Waals surface area contributed by atoms with E-state index in [9.17, 15) is 43.6 Å². The van der Waals surface area contributed by atoms with Gasteiger partial charge in [-0.2, -0.15) is 4.98 Å². The Balaban J connectivity index is 1.67. The van der Waals surface area contributed by atoms with Crippen LogP contribution in [-0.4, -0.2) is 89.1 Å². The maximum Gasteiger partial charge on any atom is 0.473 e. The predicted molar refractivity (Wildman–Crippen MR) is 112 cm³/mol. The molecular weight excluding hydrogens is 502 g/mol. The summed E-state index contributed by atoms with van der Waals surface area (Å²) >= 11 is 0. The number of hydrogen-bond acceptors (Lipinski definition) is 11. The van der Waals surface area contributed by atoms with Gasteiger partial charge in [-0.25, -0.2) is 9.36 Å². The Morgan fingerprint density at radius 1 is 1.21 bits per heavy atom. The van der Waals surface area contributed by atoms with Crippen molar-refractivity contribution in [2.75, 3.05) is 25.4 Å². The molecule has 16 nitrogen and oxygen atoms in total. The topological polar surface area (TPSA) is 244 Å². The third kappa shape index (κ3) is 6.29. The molecule has 2 aliphatic rings. The highest BCUT2D eigenvalue weighted by molar-refractivity contribution is 7.55. The Labute approximate surface area is 192 Å². The predicted octanol–water partition coefficient (Wildman–Crippen LogP) is -1.91. The van der Waals surface area contributed by atoms with Crippen molar-refractivity contribution in [3.8, 4) is 0 Å².